The summed E-state index contributed by atoms with van der Waals surface area (Å²) in [5.74, 6) is 1.08. The number of allylic oxidation sites excluding steroid dienone is 2. The van der Waals surface area contributed by atoms with Crippen LogP contribution in [0, 0.1) is 29.6 Å². The molecule has 1 N–H and O–H groups in total. The van der Waals surface area contributed by atoms with Gasteiger partial charge in [-0.05, 0) is 54.4 Å². The molecule has 0 aliphatic carbocycles. The van der Waals surface area contributed by atoms with E-state index in [1.54, 1.807) is 17.9 Å². The second kappa shape index (κ2) is 8.98. The van der Waals surface area contributed by atoms with Crippen molar-refractivity contribution in [3.05, 3.63) is 71.7 Å². The van der Waals surface area contributed by atoms with E-state index < -0.39 is 0 Å². The smallest absolute Gasteiger partial charge is 0.234 e. The number of aryl methyl sites for hydroxylation is 1. The molecule has 0 amide bonds. The molecular weight excluding hydrogens is 366 g/mol. The van der Waals surface area contributed by atoms with E-state index >= 15 is 0 Å². The summed E-state index contributed by atoms with van der Waals surface area (Å²) in [6.45, 7) is 1.98. The van der Waals surface area contributed by atoms with E-state index in [-0.39, 0.29) is 5.70 Å². The molecule has 29 heavy (non-hydrogen) atoms. The van der Waals surface area contributed by atoms with Gasteiger partial charge in [0.15, 0.2) is 0 Å². The molecule has 0 bridgehead atoms. The summed E-state index contributed by atoms with van der Waals surface area (Å²) in [5.41, 5.74) is 3.45. The number of hydrogen-bond donors (Lipinski definition) is 1. The Bertz CT molecular complexity index is 1150. The first kappa shape index (κ1) is 19.3. The van der Waals surface area contributed by atoms with Crippen molar-refractivity contribution in [2.75, 3.05) is 12.4 Å². The van der Waals surface area contributed by atoms with Gasteiger partial charge in [-0.3, -0.25) is 9.56 Å². The lowest BCUT2D eigenvalue weighted by molar-refractivity contribution is 0.415. The minimum absolute atomic E-state index is 0.0668. The molecule has 8 heteroatoms. The highest BCUT2D eigenvalue weighted by Gasteiger charge is 2.11. The summed E-state index contributed by atoms with van der Waals surface area (Å²) in [6, 6.07) is 17.1. The summed E-state index contributed by atoms with van der Waals surface area (Å²) < 4.78 is 6.84. The van der Waals surface area contributed by atoms with Gasteiger partial charge < -0.3 is 10.1 Å². The van der Waals surface area contributed by atoms with Crippen LogP contribution < -0.4 is 10.1 Å². The summed E-state index contributed by atoms with van der Waals surface area (Å²) in [6.07, 6.45) is 4.38. The summed E-state index contributed by atoms with van der Waals surface area (Å²) in [5, 5.41) is 28.6. The Labute approximate surface area is 168 Å². The van der Waals surface area contributed by atoms with Crippen LogP contribution in [0.3, 0.4) is 0 Å². The first-order chi connectivity index (χ1) is 14.1. The largest absolute Gasteiger partial charge is 0.497 e. The lowest BCUT2D eigenvalue weighted by atomic mass is 10.2. The lowest BCUT2D eigenvalue weighted by Gasteiger charge is -2.11. The molecule has 0 aliphatic heterocycles. The number of nitrogens with zero attached hydrogens (tertiary/aromatic N) is 6. The van der Waals surface area contributed by atoms with Gasteiger partial charge in [0.05, 0.1) is 30.6 Å². The molecule has 0 saturated carbocycles. The summed E-state index contributed by atoms with van der Waals surface area (Å²) >= 11 is 0. The highest BCUT2D eigenvalue weighted by molar-refractivity contribution is 5.83. The van der Waals surface area contributed by atoms with E-state index in [0.29, 0.717) is 11.6 Å². The molecule has 142 valence electrons. The third-order valence-corrected chi connectivity index (χ3v) is 3.98. The third kappa shape index (κ3) is 4.65. The van der Waals surface area contributed by atoms with Crippen molar-refractivity contribution < 1.29 is 4.74 Å². The highest BCUT2D eigenvalue weighted by atomic mass is 16.5. The van der Waals surface area contributed by atoms with Gasteiger partial charge >= 0.3 is 0 Å². The number of rotatable bonds is 6. The van der Waals surface area contributed by atoms with Gasteiger partial charge in [-0.2, -0.15) is 10.5 Å². The van der Waals surface area contributed by atoms with Gasteiger partial charge in [0, 0.05) is 6.21 Å². The first-order valence-electron chi connectivity index (χ1n) is 8.60. The van der Waals surface area contributed by atoms with Gasteiger partial charge in [0.1, 0.15) is 23.8 Å². The minimum atomic E-state index is 0.0668. The van der Waals surface area contributed by atoms with Crippen LogP contribution in [0.1, 0.15) is 11.1 Å². The number of nitriles is 2. The lowest BCUT2D eigenvalue weighted by Crippen LogP contribution is -2.05. The third-order valence-electron chi connectivity index (χ3n) is 3.98. The molecule has 1 aromatic heterocycles. The van der Waals surface area contributed by atoms with Crippen LogP contribution in [-0.2, 0) is 0 Å². The van der Waals surface area contributed by atoms with Gasteiger partial charge in [0.2, 0.25) is 5.95 Å². The van der Waals surface area contributed by atoms with Crippen LogP contribution in [0.5, 0.6) is 5.75 Å². The topological polar surface area (TPSA) is 112 Å². The van der Waals surface area contributed by atoms with Crippen molar-refractivity contribution in [3.8, 4) is 23.6 Å². The number of aliphatic imine (C=N–C) groups is 1. The molecule has 2 aromatic carbocycles. The van der Waals surface area contributed by atoms with Crippen LogP contribution in [0.4, 0.5) is 11.6 Å². The number of nitrogens with one attached hydrogen (secondary N) is 1. The summed E-state index contributed by atoms with van der Waals surface area (Å²) in [4.78, 5) is 4.62. The molecule has 0 saturated heterocycles. The molecule has 0 atom stereocenters. The van der Waals surface area contributed by atoms with Crippen LogP contribution in [0.25, 0.3) is 5.69 Å². The Morgan fingerprint density at radius 3 is 2.69 bits per heavy atom. The van der Waals surface area contributed by atoms with Crippen molar-refractivity contribution in [1.82, 2.24) is 14.8 Å². The predicted octanol–water partition coefficient (Wildman–Crippen LogP) is 3.68. The van der Waals surface area contributed by atoms with Crippen LogP contribution in [0.2, 0.25) is 0 Å². The summed E-state index contributed by atoms with van der Waals surface area (Å²) in [7, 11) is 1.62. The molecule has 3 aromatic rings. The molecule has 0 fully saturated rings. The fraction of sp³-hybridized carbons (Fsp3) is 0.0952. The molecule has 3 rings (SSSR count). The number of methoxy groups -OCH3 is 1. The molecule has 8 nitrogen and oxygen atoms in total. The van der Waals surface area contributed by atoms with E-state index in [1.165, 1.54) is 6.33 Å². The van der Waals surface area contributed by atoms with Crippen molar-refractivity contribution in [1.29, 1.82) is 10.5 Å². The van der Waals surface area contributed by atoms with E-state index in [2.05, 4.69) is 20.5 Å². The zero-order valence-electron chi connectivity index (χ0n) is 15.9. The molecular formula is C21H17N7O. The molecule has 0 unspecified atom stereocenters. The normalized spacial score (nSPS) is 11.1. The standard InChI is InChI=1S/C21H17N7O/c1-15-3-8-20(28-14-25-27-21(28)26-17(12-23)9-10-22)19(11-15)24-13-16-4-6-18(29-2)7-5-16/h3-9,11,13-14H,1-2H3,(H,26,27)/b17-9+,24-13?. The van der Waals surface area contributed by atoms with Crippen LogP contribution >= 0.6 is 0 Å². The van der Waals surface area contributed by atoms with Crippen molar-refractivity contribution in [3.63, 3.8) is 0 Å². The fourth-order valence-corrected chi connectivity index (χ4v) is 2.55. The van der Waals surface area contributed by atoms with Crippen molar-refractivity contribution in [2.45, 2.75) is 6.92 Å². The number of anilines is 1. The Kier molecular flexibility index (Phi) is 5.99. The Morgan fingerprint density at radius 1 is 1.21 bits per heavy atom. The number of ether oxygens (including phenoxy) is 1. The van der Waals surface area contributed by atoms with E-state index in [9.17, 15) is 0 Å². The monoisotopic (exact) mass is 383 g/mol. The maximum Gasteiger partial charge on any atom is 0.234 e. The predicted molar refractivity (Wildman–Crippen MR) is 109 cm³/mol. The highest BCUT2D eigenvalue weighted by Crippen LogP contribution is 2.27. The van der Waals surface area contributed by atoms with Crippen LogP contribution in [0.15, 0.2) is 65.6 Å². The van der Waals surface area contributed by atoms with E-state index in [0.717, 1.165) is 28.6 Å². The average Bonchev–Trinajstić information content (AvgIpc) is 3.20. The van der Waals surface area contributed by atoms with Crippen LogP contribution in [-0.4, -0.2) is 28.1 Å². The second-order valence-electron chi connectivity index (χ2n) is 5.97. The molecule has 1 heterocycles. The first-order valence-corrected chi connectivity index (χ1v) is 8.60. The van der Waals surface area contributed by atoms with Crippen molar-refractivity contribution >= 4 is 17.9 Å². The second-order valence-corrected chi connectivity index (χ2v) is 5.97. The van der Waals surface area contributed by atoms with Gasteiger partial charge in [-0.15, -0.1) is 10.2 Å². The maximum absolute atomic E-state index is 9.13. The van der Waals surface area contributed by atoms with Gasteiger partial charge in [-0.1, -0.05) is 6.07 Å². The maximum atomic E-state index is 9.13. The van der Waals surface area contributed by atoms with E-state index in [1.807, 2.05) is 61.5 Å². The van der Waals surface area contributed by atoms with E-state index in [4.69, 9.17) is 15.3 Å². The Morgan fingerprint density at radius 2 is 2.00 bits per heavy atom. The van der Waals surface area contributed by atoms with Gasteiger partial charge in [-0.25, -0.2) is 0 Å². The fourth-order valence-electron chi connectivity index (χ4n) is 2.55. The minimum Gasteiger partial charge on any atom is -0.497 e. The SMILES string of the molecule is COc1ccc(C=Nc2cc(C)ccc2-n2cnnc2N/C(C#N)=C/C#N)cc1. The molecule has 0 radical (unpaired) electrons. The van der Waals surface area contributed by atoms with Gasteiger partial charge in [0.25, 0.3) is 0 Å². The number of benzene rings is 2. The quantitative estimate of drug-likeness (QED) is 0.513. The molecule has 0 aliphatic rings. The Balaban J connectivity index is 1.97. The average molecular weight is 383 g/mol. The van der Waals surface area contributed by atoms with Crippen molar-refractivity contribution in [2.24, 2.45) is 4.99 Å². The zero-order chi connectivity index (χ0) is 20.6. The molecule has 0 spiro atoms. The Hall–Kier alpha value is -4.43. The number of aromatic nitrogens is 3. The number of hydrogen-bond acceptors (Lipinski definition) is 7. The zero-order valence-corrected chi connectivity index (χ0v) is 15.9.